The fourth-order valence-electron chi connectivity index (χ4n) is 9.83. The number of hydrogen-bond acceptors (Lipinski definition) is 13. The van der Waals surface area contributed by atoms with Gasteiger partial charge in [-0.3, -0.25) is 33.5 Å². The molecule has 0 radical (unpaired) electrons. The molecule has 2 aromatic carbocycles. The summed E-state index contributed by atoms with van der Waals surface area (Å²) in [6, 6.07) is 7.11. The van der Waals surface area contributed by atoms with Crippen molar-refractivity contribution in [2.45, 2.75) is 143 Å². The molecular weight excluding hydrogens is 1060 g/mol. The molecule has 444 valence electrons. The van der Waals surface area contributed by atoms with Crippen molar-refractivity contribution < 1.29 is 73.7 Å². The lowest BCUT2D eigenvalue weighted by molar-refractivity contribution is -0.146. The Balaban J connectivity index is 1.63. The van der Waals surface area contributed by atoms with Crippen LogP contribution in [-0.4, -0.2) is 175 Å². The molecule has 1 aliphatic rings. The number of likely N-dealkylation sites (N-methyl/N-ethyl adjacent to an activating group) is 1. The number of sulfonamides is 1. The maximum atomic E-state index is 14.5. The highest BCUT2D eigenvalue weighted by Crippen LogP contribution is 2.32. The zero-order valence-corrected chi connectivity index (χ0v) is 49.1. The summed E-state index contributed by atoms with van der Waals surface area (Å²) in [5.41, 5.74) is -0.179. The number of benzene rings is 2. The van der Waals surface area contributed by atoms with Gasteiger partial charge in [0.05, 0.1) is 56.1 Å². The van der Waals surface area contributed by atoms with Crippen molar-refractivity contribution in [3.63, 3.8) is 0 Å². The first-order chi connectivity index (χ1) is 37.1. The minimum Gasteiger partial charge on any atom is -0.420 e. The Morgan fingerprint density at radius 1 is 0.823 bits per heavy atom. The largest absolute Gasteiger partial charge is 0.420 e. The van der Waals surface area contributed by atoms with Gasteiger partial charge in [-0.15, -0.1) is 0 Å². The van der Waals surface area contributed by atoms with Crippen LogP contribution in [0.3, 0.4) is 0 Å². The number of rotatable bonds is 32. The topological polar surface area (TPSA) is 211 Å². The van der Waals surface area contributed by atoms with Crippen molar-refractivity contribution in [3.05, 3.63) is 64.7 Å². The van der Waals surface area contributed by atoms with E-state index in [4.69, 9.17) is 19.2 Å². The summed E-state index contributed by atoms with van der Waals surface area (Å²) < 4.78 is 106. The van der Waals surface area contributed by atoms with Crippen molar-refractivity contribution in [2.24, 2.45) is 28.7 Å². The second kappa shape index (κ2) is 32.1. The van der Waals surface area contributed by atoms with Crippen molar-refractivity contribution in [3.8, 4) is 5.75 Å². The highest BCUT2D eigenvalue weighted by Gasteiger charge is 2.43. The number of guanidine groups is 1. The van der Waals surface area contributed by atoms with Crippen LogP contribution in [0.2, 0.25) is 0 Å². The van der Waals surface area contributed by atoms with Crippen LogP contribution in [0.15, 0.2) is 35.3 Å². The Morgan fingerprint density at radius 2 is 1.46 bits per heavy atom. The molecule has 0 bridgehead atoms. The average Bonchev–Trinajstić information content (AvgIpc) is 3.89. The van der Waals surface area contributed by atoms with Gasteiger partial charge in [-0.05, 0) is 56.4 Å². The van der Waals surface area contributed by atoms with E-state index < -0.39 is 111 Å². The lowest BCUT2D eigenvalue weighted by Gasteiger charge is -2.40. The summed E-state index contributed by atoms with van der Waals surface area (Å²) in [5.74, 6) is -13.9. The predicted octanol–water partition coefficient (Wildman–Crippen LogP) is 6.68. The Labute approximate surface area is 464 Å². The normalized spacial score (nSPS) is 16.3. The standard InChI is InChI=1S/C56H84F4N6O12S/c1-14-35(4)51(65(11)55(72)50(34(2)3)61-56(63(7)8)64(9)10)43(75-12)33-44(69)66-27-20-24-41(66)52(76-13)36(5)42(68)32-39(31-38-21-16-15-17-22-38)54(71)62-79(73,74)30-19-18-23-40(67)25-28-77-29-26-45(70)78-53-47(58)37(6)46(57)48(59)49(53)60/h15-17,21-22,34-36,39,41,43,50-52H,14,18-20,23-33H2,1-13H3,(H,62,71)/t35-,36-,39+,41-,43+,50-,51-,52+/m0/s1. The Kier molecular flexibility index (Phi) is 27.5. The molecule has 1 aliphatic heterocycles. The summed E-state index contributed by atoms with van der Waals surface area (Å²) in [6.45, 7) is 10.4. The molecule has 0 aliphatic carbocycles. The van der Waals surface area contributed by atoms with Crippen LogP contribution in [0.5, 0.6) is 5.75 Å². The first-order valence-electron chi connectivity index (χ1n) is 26.9. The van der Waals surface area contributed by atoms with Crippen LogP contribution in [0.1, 0.15) is 110 Å². The molecule has 8 atom stereocenters. The van der Waals surface area contributed by atoms with E-state index in [1.807, 2.05) is 65.7 Å². The lowest BCUT2D eigenvalue weighted by atomic mass is 9.85. The average molecular weight is 1140 g/mol. The van der Waals surface area contributed by atoms with E-state index in [0.717, 1.165) is 6.92 Å². The monoisotopic (exact) mass is 1140 g/mol. The molecule has 1 heterocycles. The Hall–Kier alpha value is -5.52. The van der Waals surface area contributed by atoms with E-state index in [9.17, 15) is 54.7 Å². The number of amides is 3. The lowest BCUT2D eigenvalue weighted by Crippen LogP contribution is -2.55. The molecule has 3 rings (SSSR count). The Bertz CT molecular complexity index is 2480. The molecule has 1 saturated heterocycles. The van der Waals surface area contributed by atoms with Gasteiger partial charge in [0.1, 0.15) is 17.6 Å². The van der Waals surface area contributed by atoms with Gasteiger partial charge in [-0.25, -0.2) is 26.6 Å². The van der Waals surface area contributed by atoms with Crippen LogP contribution in [0.4, 0.5) is 17.6 Å². The van der Waals surface area contributed by atoms with Crippen molar-refractivity contribution in [1.29, 1.82) is 0 Å². The molecule has 0 saturated carbocycles. The van der Waals surface area contributed by atoms with Gasteiger partial charge in [0.15, 0.2) is 23.4 Å². The van der Waals surface area contributed by atoms with E-state index in [1.54, 1.807) is 54.1 Å². The molecular formula is C56H84F4N6O12S. The maximum Gasteiger partial charge on any atom is 0.313 e. The molecule has 18 nitrogen and oxygen atoms in total. The number of esters is 1. The third kappa shape index (κ3) is 19.6. The first kappa shape index (κ1) is 67.8. The summed E-state index contributed by atoms with van der Waals surface area (Å²) >= 11 is 0. The molecule has 1 fully saturated rings. The molecule has 2 aromatic rings. The van der Waals surface area contributed by atoms with Gasteiger partial charge in [0.2, 0.25) is 39.3 Å². The number of nitrogens with one attached hydrogen (secondary N) is 1. The van der Waals surface area contributed by atoms with Gasteiger partial charge in [-0.2, -0.15) is 4.39 Å². The van der Waals surface area contributed by atoms with Gasteiger partial charge >= 0.3 is 5.97 Å². The third-order valence-corrected chi connectivity index (χ3v) is 15.8. The quantitative estimate of drug-likeness (QED) is 0.0118. The van der Waals surface area contributed by atoms with E-state index in [0.29, 0.717) is 37.3 Å². The minimum absolute atomic E-state index is 0.00382. The van der Waals surface area contributed by atoms with Crippen molar-refractivity contribution in [2.75, 3.05) is 75.0 Å². The number of aliphatic imine (C=N–C) groups is 1. The molecule has 0 spiro atoms. The number of likely N-dealkylation sites (tertiary alicyclic amines) is 1. The SMILES string of the molecule is CC[C@H](C)[C@@H]([C@@H](CC(=O)N1CCC[C@H]1[C@H](OC)[C@@H](C)C(=O)C[C@@H](Cc1ccccc1)C(=O)NS(=O)(=O)CCCCC(=O)CCOCCC(=O)Oc1c(F)c(C)c(F)c(F)c1F)OC)N(C)C(=O)[C@@H](N=C(N(C)C)N(C)C)C(C)C. The second-order valence-corrected chi connectivity index (χ2v) is 23.0. The smallest absolute Gasteiger partial charge is 0.313 e. The molecule has 79 heavy (non-hydrogen) atoms. The molecule has 23 heteroatoms. The van der Waals surface area contributed by atoms with Crippen molar-refractivity contribution >= 4 is 51.2 Å². The van der Waals surface area contributed by atoms with Crippen LogP contribution in [0, 0.1) is 53.9 Å². The summed E-state index contributed by atoms with van der Waals surface area (Å²) in [5, 5.41) is 0. The highest BCUT2D eigenvalue weighted by atomic mass is 32.2. The van der Waals surface area contributed by atoms with Crippen LogP contribution < -0.4 is 9.46 Å². The van der Waals surface area contributed by atoms with Gasteiger partial charge in [0.25, 0.3) is 0 Å². The summed E-state index contributed by atoms with van der Waals surface area (Å²) in [6.07, 6.45) is -0.504. The van der Waals surface area contributed by atoms with E-state index in [1.165, 1.54) is 14.2 Å². The summed E-state index contributed by atoms with van der Waals surface area (Å²) in [7, 11) is 7.94. The minimum atomic E-state index is -4.23. The molecule has 1 N–H and O–H groups in total. The maximum absolute atomic E-state index is 14.5. The van der Waals surface area contributed by atoms with Crippen LogP contribution >= 0.6 is 0 Å². The number of Topliss-reactive ketones (excluding diaryl/α,β-unsaturated/α-hetero) is 2. The number of nitrogens with zero attached hydrogens (tertiary/aromatic N) is 5. The number of carbonyl (C=O) groups is 6. The van der Waals surface area contributed by atoms with E-state index in [-0.39, 0.29) is 93.4 Å². The highest BCUT2D eigenvalue weighted by molar-refractivity contribution is 7.90. The number of ether oxygens (including phenoxy) is 4. The Morgan fingerprint density at radius 3 is 2.04 bits per heavy atom. The third-order valence-electron chi connectivity index (χ3n) is 14.4. The zero-order chi connectivity index (χ0) is 59.5. The number of ketones is 2. The van der Waals surface area contributed by atoms with Gasteiger partial charge in [-0.1, -0.05) is 71.4 Å². The zero-order valence-electron chi connectivity index (χ0n) is 48.2. The number of hydrogen-bond donors (Lipinski definition) is 1. The molecule has 0 aromatic heterocycles. The van der Waals surface area contributed by atoms with E-state index >= 15 is 0 Å². The number of methoxy groups -OCH3 is 2. The number of carbonyl (C=O) groups excluding carboxylic acids is 6. The fourth-order valence-corrected chi connectivity index (χ4v) is 11.0. The van der Waals surface area contributed by atoms with Gasteiger partial charge in [0, 0.05) is 92.7 Å². The number of unbranched alkanes of at least 4 members (excludes halogenated alkanes) is 1. The van der Waals surface area contributed by atoms with Crippen LogP contribution in [0.25, 0.3) is 0 Å². The predicted molar refractivity (Wildman–Crippen MR) is 290 cm³/mol. The number of halogens is 4. The second-order valence-electron chi connectivity index (χ2n) is 21.1. The van der Waals surface area contributed by atoms with Gasteiger partial charge < -0.3 is 38.5 Å². The van der Waals surface area contributed by atoms with Crippen molar-refractivity contribution in [1.82, 2.24) is 24.3 Å². The summed E-state index contributed by atoms with van der Waals surface area (Å²) in [4.78, 5) is 93.5. The first-order valence-corrected chi connectivity index (χ1v) is 28.5. The molecule has 0 unspecified atom stereocenters. The van der Waals surface area contributed by atoms with Crippen LogP contribution in [-0.2, 0) is 59.4 Å². The van der Waals surface area contributed by atoms with E-state index in [2.05, 4.69) is 9.46 Å². The fraction of sp³-hybridized carbons (Fsp3) is 0.661. The molecule has 3 amide bonds.